The minimum absolute atomic E-state index is 0.174. The van der Waals surface area contributed by atoms with Crippen LogP contribution in [-0.2, 0) is 24.3 Å². The lowest BCUT2D eigenvalue weighted by Crippen LogP contribution is -2.34. The molecule has 0 radical (unpaired) electrons. The zero-order valence-electron chi connectivity index (χ0n) is 14.4. The zero-order valence-corrected chi connectivity index (χ0v) is 16.7. The lowest BCUT2D eigenvalue weighted by molar-refractivity contribution is -0.137. The number of fused-ring (bicyclic) bond motifs is 1. The lowest BCUT2D eigenvalue weighted by atomic mass is 10.1. The van der Waals surface area contributed by atoms with Gasteiger partial charge in [-0.15, -0.1) is 0 Å². The Bertz CT molecular complexity index is 1170. The van der Waals surface area contributed by atoms with Gasteiger partial charge in [0.1, 0.15) is 11.2 Å². The first kappa shape index (κ1) is 19.6. The van der Waals surface area contributed by atoms with Crippen molar-refractivity contribution in [3.8, 4) is 0 Å². The first-order valence-electron chi connectivity index (χ1n) is 8.24. The molecule has 140 valence electrons. The van der Waals surface area contributed by atoms with E-state index >= 15 is 0 Å². The van der Waals surface area contributed by atoms with Crippen LogP contribution in [0, 0.1) is 4.64 Å². The third-order valence-electron chi connectivity index (χ3n) is 4.36. The molecular formula is C19H16Cl2N2O3S. The van der Waals surface area contributed by atoms with E-state index < -0.39 is 18.2 Å². The van der Waals surface area contributed by atoms with E-state index in [1.165, 1.54) is 4.57 Å². The Morgan fingerprint density at radius 2 is 1.89 bits per heavy atom. The second kappa shape index (κ2) is 7.84. The molecule has 0 atom stereocenters. The van der Waals surface area contributed by atoms with Gasteiger partial charge in [-0.05, 0) is 35.7 Å². The van der Waals surface area contributed by atoms with Crippen LogP contribution in [0.4, 0.5) is 0 Å². The van der Waals surface area contributed by atoms with Crippen LogP contribution in [0.5, 0.6) is 0 Å². The molecule has 2 aromatic carbocycles. The summed E-state index contributed by atoms with van der Waals surface area (Å²) in [6.45, 7) is 1.66. The van der Waals surface area contributed by atoms with Crippen molar-refractivity contribution in [3.63, 3.8) is 0 Å². The average molecular weight is 423 g/mol. The quantitative estimate of drug-likeness (QED) is 0.613. The number of rotatable bonds is 5. The van der Waals surface area contributed by atoms with Crippen molar-refractivity contribution in [1.82, 2.24) is 9.13 Å². The summed E-state index contributed by atoms with van der Waals surface area (Å²) >= 11 is 17.7. The van der Waals surface area contributed by atoms with Crippen LogP contribution in [0.15, 0.2) is 41.2 Å². The summed E-state index contributed by atoms with van der Waals surface area (Å²) in [5, 5.41) is 10.9. The van der Waals surface area contributed by atoms with Crippen LogP contribution in [-0.4, -0.2) is 20.2 Å². The van der Waals surface area contributed by atoms with E-state index in [1.807, 2.05) is 19.1 Å². The van der Waals surface area contributed by atoms with Crippen molar-refractivity contribution in [1.29, 1.82) is 0 Å². The maximum Gasteiger partial charge on any atom is 0.330 e. The first-order valence-corrected chi connectivity index (χ1v) is 9.40. The second-order valence-electron chi connectivity index (χ2n) is 6.05. The number of carboxylic acid groups (broad SMARTS) is 1. The van der Waals surface area contributed by atoms with Crippen molar-refractivity contribution in [3.05, 3.63) is 72.7 Å². The van der Waals surface area contributed by atoms with Gasteiger partial charge < -0.3 is 5.11 Å². The van der Waals surface area contributed by atoms with Gasteiger partial charge in [-0.1, -0.05) is 60.5 Å². The summed E-state index contributed by atoms with van der Waals surface area (Å²) in [6, 6.07) is 10.6. The number of carboxylic acids is 1. The van der Waals surface area contributed by atoms with E-state index in [2.05, 4.69) is 0 Å². The molecule has 0 aliphatic carbocycles. The fourth-order valence-electron chi connectivity index (χ4n) is 3.07. The smallest absolute Gasteiger partial charge is 0.330 e. The van der Waals surface area contributed by atoms with Gasteiger partial charge in [-0.3, -0.25) is 13.9 Å². The van der Waals surface area contributed by atoms with Gasteiger partial charge in [0.25, 0.3) is 0 Å². The number of aromatic nitrogens is 2. The third-order valence-corrected chi connectivity index (χ3v) is 5.37. The number of benzene rings is 2. The lowest BCUT2D eigenvalue weighted by Gasteiger charge is -2.17. The van der Waals surface area contributed by atoms with Gasteiger partial charge in [-0.2, -0.15) is 0 Å². The third kappa shape index (κ3) is 3.78. The molecule has 0 saturated carbocycles. The molecule has 1 N–H and O–H groups in total. The Labute approximate surface area is 170 Å². The Hall–Kier alpha value is -2.15. The number of aryl methyl sites for hydroxylation is 1. The van der Waals surface area contributed by atoms with E-state index in [0.717, 1.165) is 10.1 Å². The number of hydrogen-bond acceptors (Lipinski definition) is 3. The molecule has 3 aromatic rings. The minimum atomic E-state index is -1.13. The van der Waals surface area contributed by atoms with Crippen LogP contribution in [0.25, 0.3) is 10.9 Å². The van der Waals surface area contributed by atoms with Crippen molar-refractivity contribution < 1.29 is 9.90 Å². The van der Waals surface area contributed by atoms with Crippen molar-refractivity contribution >= 4 is 52.3 Å². The number of nitrogens with zero attached hydrogens (tertiary/aromatic N) is 2. The Kier molecular flexibility index (Phi) is 5.69. The van der Waals surface area contributed by atoms with Crippen LogP contribution in [0.2, 0.25) is 10.0 Å². The van der Waals surface area contributed by atoms with E-state index in [4.69, 9.17) is 35.4 Å². The highest BCUT2D eigenvalue weighted by Crippen LogP contribution is 2.24. The van der Waals surface area contributed by atoms with E-state index in [-0.39, 0.29) is 11.2 Å². The molecule has 0 spiro atoms. The van der Waals surface area contributed by atoms with Gasteiger partial charge in [-0.25, -0.2) is 4.79 Å². The summed E-state index contributed by atoms with van der Waals surface area (Å²) in [5.41, 5.74) is 1.81. The van der Waals surface area contributed by atoms with Crippen molar-refractivity contribution in [2.24, 2.45) is 0 Å². The van der Waals surface area contributed by atoms with Gasteiger partial charge in [0, 0.05) is 15.4 Å². The normalized spacial score (nSPS) is 11.1. The van der Waals surface area contributed by atoms with E-state index in [9.17, 15) is 14.7 Å². The van der Waals surface area contributed by atoms with Gasteiger partial charge in [0.15, 0.2) is 0 Å². The van der Waals surface area contributed by atoms with E-state index in [0.29, 0.717) is 32.9 Å². The van der Waals surface area contributed by atoms with Crippen LogP contribution in [0.1, 0.15) is 18.1 Å². The summed E-state index contributed by atoms with van der Waals surface area (Å²) in [5.74, 6) is -1.13. The monoisotopic (exact) mass is 422 g/mol. The molecule has 8 heteroatoms. The molecule has 0 aliphatic heterocycles. The summed E-state index contributed by atoms with van der Waals surface area (Å²) < 4.78 is 2.85. The predicted octanol–water partition coefficient (Wildman–Crippen LogP) is 4.53. The molecule has 0 amide bonds. The minimum Gasteiger partial charge on any atom is -0.480 e. The Morgan fingerprint density at radius 1 is 1.15 bits per heavy atom. The predicted molar refractivity (Wildman–Crippen MR) is 110 cm³/mol. The molecule has 0 saturated heterocycles. The number of carbonyl (C=O) groups is 1. The zero-order chi connectivity index (χ0) is 19.7. The first-order chi connectivity index (χ1) is 12.8. The number of hydrogen-bond donors (Lipinski definition) is 1. The maximum atomic E-state index is 13.0. The van der Waals surface area contributed by atoms with E-state index in [1.54, 1.807) is 24.3 Å². The molecule has 0 bridgehead atoms. The average Bonchev–Trinajstić information content (AvgIpc) is 2.63. The summed E-state index contributed by atoms with van der Waals surface area (Å²) in [6.07, 6.45) is 0.702. The van der Waals surface area contributed by atoms with Gasteiger partial charge >= 0.3 is 11.7 Å². The molecule has 1 aromatic heterocycles. The van der Waals surface area contributed by atoms with Gasteiger partial charge in [0.2, 0.25) is 0 Å². The van der Waals surface area contributed by atoms with Crippen LogP contribution < -0.4 is 5.69 Å². The molecular weight excluding hydrogens is 407 g/mol. The highest BCUT2D eigenvalue weighted by molar-refractivity contribution is 7.71. The topological polar surface area (TPSA) is 64.2 Å². The standard InChI is InChI=1S/C19H16Cl2N2O3S/c1-2-11-4-3-5-15-17(11)18(27)23(10-16(24)25)19(26)22(15)9-12-6-7-13(20)8-14(12)21/h3-8H,2,9-10H2,1H3,(H,24,25). The van der Waals surface area contributed by atoms with Crippen LogP contribution in [0.3, 0.4) is 0 Å². The Morgan fingerprint density at radius 3 is 2.52 bits per heavy atom. The summed E-state index contributed by atoms with van der Waals surface area (Å²) in [7, 11) is 0. The highest BCUT2D eigenvalue weighted by Gasteiger charge is 2.16. The largest absolute Gasteiger partial charge is 0.480 e. The fraction of sp³-hybridized carbons (Fsp3) is 0.211. The second-order valence-corrected chi connectivity index (χ2v) is 7.28. The molecule has 0 unspecified atom stereocenters. The molecule has 5 nitrogen and oxygen atoms in total. The molecule has 3 rings (SSSR count). The maximum absolute atomic E-state index is 13.0. The van der Waals surface area contributed by atoms with Crippen molar-refractivity contribution in [2.45, 2.75) is 26.4 Å². The molecule has 27 heavy (non-hydrogen) atoms. The Balaban J connectivity index is 2.35. The fourth-order valence-corrected chi connectivity index (χ4v) is 3.92. The molecule has 0 aliphatic rings. The number of halogens is 2. The van der Waals surface area contributed by atoms with Crippen LogP contribution >= 0.6 is 35.4 Å². The van der Waals surface area contributed by atoms with Crippen molar-refractivity contribution in [2.75, 3.05) is 0 Å². The molecule has 1 heterocycles. The molecule has 0 fully saturated rings. The number of aliphatic carboxylic acids is 1. The van der Waals surface area contributed by atoms with Gasteiger partial charge in [0.05, 0.1) is 12.1 Å². The summed E-state index contributed by atoms with van der Waals surface area (Å²) in [4.78, 5) is 24.3. The SMILES string of the molecule is CCc1cccc2c1c(=S)n(CC(=O)O)c(=O)n2Cc1ccc(Cl)cc1Cl. The highest BCUT2D eigenvalue weighted by atomic mass is 35.5.